The summed E-state index contributed by atoms with van der Waals surface area (Å²) in [6.45, 7) is 4.01. The summed E-state index contributed by atoms with van der Waals surface area (Å²) in [5.74, 6) is 0.778. The van der Waals surface area contributed by atoms with E-state index in [0.717, 1.165) is 45.1 Å². The molecule has 0 bridgehead atoms. The minimum Gasteiger partial charge on any atom is -0.340 e. The highest BCUT2D eigenvalue weighted by Gasteiger charge is 2.33. The molecule has 3 rings (SSSR count). The number of nitrogens with zero attached hydrogens (tertiary/aromatic N) is 2. The summed E-state index contributed by atoms with van der Waals surface area (Å²) in [6, 6.07) is 1.09. The first kappa shape index (κ1) is 19.0. The molecule has 2 unspecified atom stereocenters. The zero-order chi connectivity index (χ0) is 13.2. The molecular weight excluding hydrogens is 309 g/mol. The fourth-order valence-electron chi connectivity index (χ4n) is 3.62. The largest absolute Gasteiger partial charge is 0.340 e. The van der Waals surface area contributed by atoms with Gasteiger partial charge in [0.25, 0.3) is 0 Å². The third-order valence-corrected chi connectivity index (χ3v) is 5.13. The van der Waals surface area contributed by atoms with E-state index < -0.39 is 0 Å². The maximum Gasteiger partial charge on any atom is 0.222 e. The Kier molecular flexibility index (Phi) is 7.75. The normalized spacial score (nSPS) is 30.2. The fourth-order valence-corrected chi connectivity index (χ4v) is 3.62. The number of hydrogen-bond donors (Lipinski definition) is 1. The number of rotatable bonds is 3. The molecule has 0 radical (unpaired) electrons. The minimum absolute atomic E-state index is 0. The van der Waals surface area contributed by atoms with Crippen molar-refractivity contribution in [2.24, 2.45) is 11.7 Å². The summed E-state index contributed by atoms with van der Waals surface area (Å²) in [4.78, 5) is 17.0. The molecule has 1 heterocycles. The van der Waals surface area contributed by atoms with Gasteiger partial charge in [0.05, 0.1) is 0 Å². The lowest BCUT2D eigenvalue weighted by atomic mass is 9.82. The van der Waals surface area contributed by atoms with E-state index in [1.165, 1.54) is 25.7 Å². The number of carbonyl (C=O) groups is 1. The van der Waals surface area contributed by atoms with Crippen molar-refractivity contribution < 1.29 is 4.79 Å². The molecular formula is C15H29Cl2N3O. The van der Waals surface area contributed by atoms with Gasteiger partial charge in [-0.15, -0.1) is 24.8 Å². The lowest BCUT2D eigenvalue weighted by Gasteiger charge is -2.36. The second-order valence-corrected chi connectivity index (χ2v) is 6.56. The molecule has 2 aliphatic carbocycles. The first-order valence-corrected chi connectivity index (χ1v) is 8.01. The van der Waals surface area contributed by atoms with Crippen LogP contribution >= 0.6 is 24.8 Å². The van der Waals surface area contributed by atoms with Gasteiger partial charge in [-0.2, -0.15) is 0 Å². The van der Waals surface area contributed by atoms with Crippen LogP contribution in [0.4, 0.5) is 0 Å². The molecule has 0 aromatic heterocycles. The van der Waals surface area contributed by atoms with Crippen LogP contribution < -0.4 is 5.73 Å². The van der Waals surface area contributed by atoms with Gasteiger partial charge in [0.1, 0.15) is 0 Å². The second kappa shape index (κ2) is 8.56. The van der Waals surface area contributed by atoms with Crippen LogP contribution in [0.25, 0.3) is 0 Å². The lowest BCUT2D eigenvalue weighted by molar-refractivity contribution is -0.134. The predicted octanol–water partition coefficient (Wildman–Crippen LogP) is 2.04. The number of hydrogen-bond acceptors (Lipinski definition) is 3. The van der Waals surface area contributed by atoms with Crippen LogP contribution in [0.5, 0.6) is 0 Å². The van der Waals surface area contributed by atoms with Gasteiger partial charge in [-0.3, -0.25) is 9.69 Å². The molecule has 0 aromatic carbocycles. The van der Waals surface area contributed by atoms with Crippen molar-refractivity contribution in [3.05, 3.63) is 0 Å². The molecule has 2 N–H and O–H groups in total. The Bertz CT molecular complexity index is 331. The summed E-state index contributed by atoms with van der Waals surface area (Å²) in [7, 11) is 0. The number of carbonyl (C=O) groups excluding carboxylic acids is 1. The van der Waals surface area contributed by atoms with Crippen molar-refractivity contribution in [2.45, 2.75) is 57.0 Å². The Morgan fingerprint density at radius 3 is 2.14 bits per heavy atom. The highest BCUT2D eigenvalue weighted by atomic mass is 35.5. The second-order valence-electron chi connectivity index (χ2n) is 6.56. The predicted molar refractivity (Wildman–Crippen MR) is 90.2 cm³/mol. The molecule has 4 nitrogen and oxygen atoms in total. The van der Waals surface area contributed by atoms with E-state index >= 15 is 0 Å². The van der Waals surface area contributed by atoms with Gasteiger partial charge >= 0.3 is 0 Å². The minimum atomic E-state index is 0. The van der Waals surface area contributed by atoms with Crippen molar-refractivity contribution in [1.29, 1.82) is 0 Å². The summed E-state index contributed by atoms with van der Waals surface area (Å²) in [5.41, 5.74) is 6.15. The average Bonchev–Trinajstić information content (AvgIpc) is 3.26. The number of nitrogens with two attached hydrogens (primary N) is 1. The lowest BCUT2D eigenvalue weighted by Crippen LogP contribution is -2.50. The van der Waals surface area contributed by atoms with Crippen LogP contribution in [0, 0.1) is 5.92 Å². The Morgan fingerprint density at radius 2 is 1.57 bits per heavy atom. The molecule has 1 amide bonds. The summed E-state index contributed by atoms with van der Waals surface area (Å²) in [5, 5.41) is 0. The highest BCUT2D eigenvalue weighted by Crippen LogP contribution is 2.29. The Balaban J connectivity index is 0.00000110. The molecule has 1 aliphatic heterocycles. The average molecular weight is 338 g/mol. The topological polar surface area (TPSA) is 49.6 Å². The number of amides is 1. The third-order valence-electron chi connectivity index (χ3n) is 5.13. The van der Waals surface area contributed by atoms with Crippen LogP contribution in [0.15, 0.2) is 0 Å². The zero-order valence-electron chi connectivity index (χ0n) is 12.7. The molecule has 2 atom stereocenters. The highest BCUT2D eigenvalue weighted by molar-refractivity contribution is 5.85. The van der Waals surface area contributed by atoms with Crippen molar-refractivity contribution in [1.82, 2.24) is 9.80 Å². The van der Waals surface area contributed by atoms with E-state index in [2.05, 4.69) is 9.80 Å². The molecule has 2 saturated carbocycles. The number of piperazine rings is 1. The van der Waals surface area contributed by atoms with Crippen LogP contribution in [-0.2, 0) is 4.79 Å². The van der Waals surface area contributed by atoms with Gasteiger partial charge in [-0.1, -0.05) is 12.8 Å². The summed E-state index contributed by atoms with van der Waals surface area (Å²) < 4.78 is 0. The van der Waals surface area contributed by atoms with Gasteiger partial charge in [-0.05, 0) is 31.6 Å². The first-order chi connectivity index (χ1) is 9.24. The van der Waals surface area contributed by atoms with Gasteiger partial charge in [0.15, 0.2) is 0 Å². The molecule has 0 aromatic rings. The maximum atomic E-state index is 12.4. The summed E-state index contributed by atoms with van der Waals surface area (Å²) >= 11 is 0. The van der Waals surface area contributed by atoms with Crippen LogP contribution in [0.3, 0.4) is 0 Å². The molecule has 124 valence electrons. The third kappa shape index (κ3) is 4.98. The van der Waals surface area contributed by atoms with Gasteiger partial charge in [0.2, 0.25) is 5.91 Å². The number of halogens is 2. The van der Waals surface area contributed by atoms with E-state index in [9.17, 15) is 4.79 Å². The maximum absolute atomic E-state index is 12.4. The monoisotopic (exact) mass is 337 g/mol. The smallest absolute Gasteiger partial charge is 0.222 e. The van der Waals surface area contributed by atoms with E-state index in [1.807, 2.05) is 0 Å². The van der Waals surface area contributed by atoms with Crippen LogP contribution in [-0.4, -0.2) is 54.0 Å². The van der Waals surface area contributed by atoms with E-state index in [4.69, 9.17) is 5.73 Å². The fraction of sp³-hybridized carbons (Fsp3) is 0.933. The Morgan fingerprint density at radius 1 is 0.952 bits per heavy atom. The van der Waals surface area contributed by atoms with Crippen molar-refractivity contribution in [3.63, 3.8) is 0 Å². The molecule has 6 heteroatoms. The van der Waals surface area contributed by atoms with Gasteiger partial charge < -0.3 is 10.6 Å². The zero-order valence-corrected chi connectivity index (χ0v) is 14.3. The van der Waals surface area contributed by atoms with Crippen molar-refractivity contribution >= 4 is 30.7 Å². The van der Waals surface area contributed by atoms with Gasteiger partial charge in [-0.25, -0.2) is 0 Å². The van der Waals surface area contributed by atoms with Crippen molar-refractivity contribution in [2.75, 3.05) is 26.2 Å². The quantitative estimate of drug-likeness (QED) is 0.857. The van der Waals surface area contributed by atoms with Gasteiger partial charge in [0, 0.05) is 44.7 Å². The van der Waals surface area contributed by atoms with E-state index in [0.29, 0.717) is 18.2 Å². The SMILES string of the molecule is Cl.Cl.NC1CCCCC1CC(=O)N1CCN(C2CC2)CC1. The Labute approximate surface area is 140 Å². The summed E-state index contributed by atoms with van der Waals surface area (Å²) in [6.07, 6.45) is 8.16. The Hall–Kier alpha value is -0.0300. The molecule has 21 heavy (non-hydrogen) atoms. The van der Waals surface area contributed by atoms with E-state index in [-0.39, 0.29) is 30.9 Å². The molecule has 3 fully saturated rings. The molecule has 0 spiro atoms. The van der Waals surface area contributed by atoms with Crippen LogP contribution in [0.1, 0.15) is 44.9 Å². The first-order valence-electron chi connectivity index (χ1n) is 8.01. The van der Waals surface area contributed by atoms with Crippen molar-refractivity contribution in [3.8, 4) is 0 Å². The standard InChI is InChI=1S/C15H27N3O.2ClH/c16-14-4-2-1-3-12(14)11-15(19)18-9-7-17(8-10-18)13-5-6-13;;/h12-14H,1-11,16H2;2*1H. The molecule has 3 aliphatic rings. The van der Waals surface area contributed by atoms with Crippen LogP contribution in [0.2, 0.25) is 0 Å². The molecule has 1 saturated heterocycles. The van der Waals surface area contributed by atoms with E-state index in [1.54, 1.807) is 0 Å².